The minimum Gasteiger partial charge on any atom is -0.506 e. The second kappa shape index (κ2) is 5.12. The molecule has 0 spiro atoms. The monoisotopic (exact) mass is 278 g/mol. The standard InChI is InChI=1S/C13H14N2O5/c1-3-20-15-10-7(5-4-6-8(10)19-2)11(16)9(12(14)17)13(15)18/h4-6,16H,3H2,1-2H3,(H2,14,17). The first-order valence-electron chi connectivity index (χ1n) is 5.90. The third-order valence-electron chi connectivity index (χ3n) is 2.82. The molecule has 0 atom stereocenters. The van der Waals surface area contributed by atoms with Gasteiger partial charge in [0.15, 0.2) is 0 Å². The van der Waals surface area contributed by atoms with Crippen molar-refractivity contribution in [1.82, 2.24) is 4.73 Å². The fourth-order valence-corrected chi connectivity index (χ4v) is 2.00. The topological polar surface area (TPSA) is 104 Å². The number of aromatic nitrogens is 1. The summed E-state index contributed by atoms with van der Waals surface area (Å²) in [7, 11) is 1.43. The van der Waals surface area contributed by atoms with E-state index in [-0.39, 0.29) is 17.5 Å². The van der Waals surface area contributed by atoms with Crippen molar-refractivity contribution in [2.24, 2.45) is 5.73 Å². The van der Waals surface area contributed by atoms with Gasteiger partial charge < -0.3 is 20.4 Å². The molecular formula is C13H14N2O5. The molecule has 0 saturated carbocycles. The van der Waals surface area contributed by atoms with E-state index in [1.54, 1.807) is 19.1 Å². The maximum atomic E-state index is 12.2. The van der Waals surface area contributed by atoms with Crippen LogP contribution < -0.4 is 20.9 Å². The summed E-state index contributed by atoms with van der Waals surface area (Å²) in [6, 6.07) is 4.77. The van der Waals surface area contributed by atoms with Crippen molar-refractivity contribution in [3.8, 4) is 11.5 Å². The Morgan fingerprint density at radius 3 is 2.70 bits per heavy atom. The summed E-state index contributed by atoms with van der Waals surface area (Å²) in [4.78, 5) is 28.8. The molecule has 7 nitrogen and oxygen atoms in total. The zero-order valence-corrected chi connectivity index (χ0v) is 11.0. The number of methoxy groups -OCH3 is 1. The van der Waals surface area contributed by atoms with E-state index in [4.69, 9.17) is 15.3 Å². The van der Waals surface area contributed by atoms with E-state index in [0.29, 0.717) is 5.75 Å². The summed E-state index contributed by atoms with van der Waals surface area (Å²) < 4.78 is 6.07. The Morgan fingerprint density at radius 2 is 2.15 bits per heavy atom. The molecule has 0 saturated heterocycles. The van der Waals surface area contributed by atoms with Gasteiger partial charge in [0.2, 0.25) is 0 Å². The second-order valence-electron chi connectivity index (χ2n) is 3.96. The maximum absolute atomic E-state index is 12.2. The maximum Gasteiger partial charge on any atom is 0.300 e. The number of benzene rings is 1. The largest absolute Gasteiger partial charge is 0.506 e. The molecule has 1 aromatic heterocycles. The zero-order valence-electron chi connectivity index (χ0n) is 11.0. The minimum absolute atomic E-state index is 0.191. The van der Waals surface area contributed by atoms with Gasteiger partial charge in [0.25, 0.3) is 11.5 Å². The number of primary amides is 1. The van der Waals surface area contributed by atoms with Crippen LogP contribution in [-0.4, -0.2) is 29.5 Å². The SMILES string of the molecule is CCOn1c(=O)c(C(N)=O)c(O)c2cccc(OC)c21. The van der Waals surface area contributed by atoms with E-state index < -0.39 is 22.8 Å². The molecular weight excluding hydrogens is 264 g/mol. The molecule has 106 valence electrons. The number of carbonyl (C=O) groups excluding carboxylic acids is 1. The molecule has 7 heteroatoms. The van der Waals surface area contributed by atoms with E-state index in [1.807, 2.05) is 0 Å². The predicted molar refractivity (Wildman–Crippen MR) is 72.1 cm³/mol. The Morgan fingerprint density at radius 1 is 1.45 bits per heavy atom. The number of hydrogen-bond donors (Lipinski definition) is 2. The van der Waals surface area contributed by atoms with E-state index in [2.05, 4.69) is 0 Å². The first-order valence-corrected chi connectivity index (χ1v) is 5.90. The van der Waals surface area contributed by atoms with E-state index >= 15 is 0 Å². The average Bonchev–Trinajstić information content (AvgIpc) is 2.42. The van der Waals surface area contributed by atoms with Crippen LogP contribution in [0.15, 0.2) is 23.0 Å². The van der Waals surface area contributed by atoms with E-state index in [9.17, 15) is 14.7 Å². The Kier molecular flexibility index (Phi) is 3.51. The number of ether oxygens (including phenoxy) is 1. The molecule has 1 amide bonds. The summed E-state index contributed by atoms with van der Waals surface area (Å²) in [5.41, 5.74) is 4.04. The summed E-state index contributed by atoms with van der Waals surface area (Å²) in [6.07, 6.45) is 0. The molecule has 2 aromatic rings. The molecule has 3 N–H and O–H groups in total. The van der Waals surface area contributed by atoms with Gasteiger partial charge in [-0.25, -0.2) is 0 Å². The number of para-hydroxylation sites is 1. The van der Waals surface area contributed by atoms with Gasteiger partial charge in [0.05, 0.1) is 7.11 Å². The van der Waals surface area contributed by atoms with Crippen molar-refractivity contribution in [2.75, 3.05) is 13.7 Å². The molecule has 0 aliphatic heterocycles. The van der Waals surface area contributed by atoms with Gasteiger partial charge in [0, 0.05) is 5.39 Å². The lowest BCUT2D eigenvalue weighted by atomic mass is 10.1. The van der Waals surface area contributed by atoms with Gasteiger partial charge >= 0.3 is 0 Å². The third-order valence-corrected chi connectivity index (χ3v) is 2.82. The van der Waals surface area contributed by atoms with Crippen molar-refractivity contribution in [3.05, 3.63) is 34.1 Å². The van der Waals surface area contributed by atoms with Crippen LogP contribution in [0.2, 0.25) is 0 Å². The minimum atomic E-state index is -1.02. The predicted octanol–water partition coefficient (Wildman–Crippen LogP) is 0.263. The van der Waals surface area contributed by atoms with Crippen molar-refractivity contribution >= 4 is 16.8 Å². The highest BCUT2D eigenvalue weighted by Gasteiger charge is 2.23. The van der Waals surface area contributed by atoms with E-state index in [1.165, 1.54) is 13.2 Å². The normalized spacial score (nSPS) is 10.5. The van der Waals surface area contributed by atoms with Gasteiger partial charge in [-0.2, -0.15) is 0 Å². The van der Waals surface area contributed by atoms with Crippen molar-refractivity contribution < 1.29 is 19.5 Å². The fraction of sp³-hybridized carbons (Fsp3) is 0.231. The molecule has 0 radical (unpaired) electrons. The number of pyridine rings is 1. The van der Waals surface area contributed by atoms with Gasteiger partial charge in [0.1, 0.15) is 29.2 Å². The van der Waals surface area contributed by atoms with Crippen LogP contribution in [0.4, 0.5) is 0 Å². The summed E-state index contributed by atoms with van der Waals surface area (Å²) >= 11 is 0. The molecule has 0 fully saturated rings. The van der Waals surface area contributed by atoms with Crippen LogP contribution in [0.1, 0.15) is 17.3 Å². The van der Waals surface area contributed by atoms with Crippen molar-refractivity contribution in [2.45, 2.75) is 6.92 Å². The van der Waals surface area contributed by atoms with Crippen molar-refractivity contribution in [1.29, 1.82) is 0 Å². The number of fused-ring (bicyclic) bond motifs is 1. The molecule has 20 heavy (non-hydrogen) atoms. The number of aromatic hydroxyl groups is 1. The lowest BCUT2D eigenvalue weighted by molar-refractivity contribution is 0.0977. The number of nitrogens with zero attached hydrogens (tertiary/aromatic N) is 1. The Hall–Kier alpha value is -2.70. The molecule has 1 aromatic carbocycles. The highest BCUT2D eigenvalue weighted by molar-refractivity contribution is 6.02. The molecule has 0 aliphatic carbocycles. The van der Waals surface area contributed by atoms with Crippen LogP contribution in [0.3, 0.4) is 0 Å². The van der Waals surface area contributed by atoms with Gasteiger partial charge in [-0.1, -0.05) is 6.07 Å². The fourth-order valence-electron chi connectivity index (χ4n) is 2.00. The number of carbonyl (C=O) groups is 1. The number of nitrogens with two attached hydrogens (primary N) is 1. The first-order chi connectivity index (χ1) is 9.52. The van der Waals surface area contributed by atoms with Crippen LogP contribution in [-0.2, 0) is 0 Å². The van der Waals surface area contributed by atoms with Gasteiger partial charge in [-0.15, -0.1) is 4.73 Å². The van der Waals surface area contributed by atoms with Crippen LogP contribution >= 0.6 is 0 Å². The van der Waals surface area contributed by atoms with Crippen LogP contribution in [0.5, 0.6) is 11.5 Å². The van der Waals surface area contributed by atoms with Crippen molar-refractivity contribution in [3.63, 3.8) is 0 Å². The Labute approximate surface area is 114 Å². The quantitative estimate of drug-likeness (QED) is 0.835. The van der Waals surface area contributed by atoms with Crippen LogP contribution in [0.25, 0.3) is 10.9 Å². The smallest absolute Gasteiger partial charge is 0.300 e. The Balaban J connectivity index is 3.03. The van der Waals surface area contributed by atoms with Gasteiger partial charge in [-0.05, 0) is 19.1 Å². The zero-order chi connectivity index (χ0) is 14.9. The van der Waals surface area contributed by atoms with E-state index in [0.717, 1.165) is 4.73 Å². The number of hydrogen-bond acceptors (Lipinski definition) is 5. The lowest BCUT2D eigenvalue weighted by Gasteiger charge is -2.15. The average molecular weight is 278 g/mol. The molecule has 1 heterocycles. The summed E-state index contributed by atoms with van der Waals surface area (Å²) in [5.74, 6) is -1.17. The first kappa shape index (κ1) is 13.7. The summed E-state index contributed by atoms with van der Waals surface area (Å²) in [5, 5.41) is 10.3. The highest BCUT2D eigenvalue weighted by Crippen LogP contribution is 2.31. The molecule has 2 rings (SSSR count). The van der Waals surface area contributed by atoms with Crippen LogP contribution in [0, 0.1) is 0 Å². The second-order valence-corrected chi connectivity index (χ2v) is 3.96. The molecule has 0 bridgehead atoms. The summed E-state index contributed by atoms with van der Waals surface area (Å²) in [6.45, 7) is 1.88. The molecule has 0 aliphatic rings. The van der Waals surface area contributed by atoms with Gasteiger partial charge in [-0.3, -0.25) is 9.59 Å². The molecule has 0 unspecified atom stereocenters. The number of rotatable bonds is 4. The third kappa shape index (κ3) is 1.93. The number of amides is 1. The highest BCUT2D eigenvalue weighted by atomic mass is 16.7. The Bertz CT molecular complexity index is 736. The lowest BCUT2D eigenvalue weighted by Crippen LogP contribution is -2.34.